The molecular weight excluding hydrogens is 366 g/mol. The largest absolute Gasteiger partial charge is 0.488 e. The number of carbonyl (C=O) groups excluding carboxylic acids is 1. The number of hydrogen-bond donors (Lipinski definition) is 1. The summed E-state index contributed by atoms with van der Waals surface area (Å²) in [6, 6.07) is 17.5. The first kappa shape index (κ1) is 19.1. The van der Waals surface area contributed by atoms with Gasteiger partial charge in [0, 0.05) is 17.7 Å². The molecule has 29 heavy (non-hydrogen) atoms. The number of nitrogens with one attached hydrogen (secondary N) is 1. The molecular formula is C23H25N3O3. The Morgan fingerprint density at radius 3 is 2.79 bits per heavy atom. The van der Waals surface area contributed by atoms with E-state index in [1.807, 2.05) is 49.4 Å². The molecule has 1 aliphatic heterocycles. The summed E-state index contributed by atoms with van der Waals surface area (Å²) in [5, 5.41) is 7.29. The van der Waals surface area contributed by atoms with Gasteiger partial charge in [-0.2, -0.15) is 5.10 Å². The Labute approximate surface area is 170 Å². The Morgan fingerprint density at radius 1 is 1.21 bits per heavy atom. The smallest absolute Gasteiger partial charge is 0.271 e. The lowest BCUT2D eigenvalue weighted by molar-refractivity contribution is 0.0941. The van der Waals surface area contributed by atoms with Crippen molar-refractivity contribution in [1.29, 1.82) is 0 Å². The maximum atomic E-state index is 12.5. The van der Waals surface area contributed by atoms with Gasteiger partial charge in [0.15, 0.2) is 17.2 Å². The summed E-state index contributed by atoms with van der Waals surface area (Å²) in [6.07, 6.45) is 0.861. The Balaban J connectivity index is 1.34. The standard InChI is InChI=1S/C23H25N3O3/c1-16-14-19(25-26(16)18-9-5-4-6-10-18)22(27)24-12-13-28-20-11-7-8-17-15-23(2,3)29-21(17)20/h4-11,14H,12-13,15H2,1-3H3,(H,24,27). The first-order valence-corrected chi connectivity index (χ1v) is 9.77. The van der Waals surface area contributed by atoms with Crippen LogP contribution in [-0.2, 0) is 6.42 Å². The number of para-hydroxylation sites is 2. The van der Waals surface area contributed by atoms with Crippen LogP contribution in [0, 0.1) is 6.92 Å². The summed E-state index contributed by atoms with van der Waals surface area (Å²) < 4.78 is 13.6. The molecule has 0 radical (unpaired) electrons. The fourth-order valence-corrected chi connectivity index (χ4v) is 3.53. The molecule has 0 fully saturated rings. The fourth-order valence-electron chi connectivity index (χ4n) is 3.53. The van der Waals surface area contributed by atoms with Crippen LogP contribution in [-0.4, -0.2) is 34.4 Å². The normalized spacial score (nSPS) is 14.2. The zero-order valence-electron chi connectivity index (χ0n) is 16.9. The minimum absolute atomic E-state index is 0.217. The summed E-state index contributed by atoms with van der Waals surface area (Å²) in [4.78, 5) is 12.5. The van der Waals surface area contributed by atoms with E-state index in [2.05, 4.69) is 30.3 Å². The Bertz CT molecular complexity index is 1030. The van der Waals surface area contributed by atoms with Crippen LogP contribution in [0.25, 0.3) is 5.69 Å². The summed E-state index contributed by atoms with van der Waals surface area (Å²) in [7, 11) is 0. The molecule has 1 N–H and O–H groups in total. The molecule has 0 aliphatic carbocycles. The molecule has 3 aromatic rings. The van der Waals surface area contributed by atoms with E-state index in [4.69, 9.17) is 9.47 Å². The van der Waals surface area contributed by atoms with Crippen molar-refractivity contribution >= 4 is 5.91 Å². The highest BCUT2D eigenvalue weighted by atomic mass is 16.5. The second-order valence-electron chi connectivity index (χ2n) is 7.81. The van der Waals surface area contributed by atoms with Gasteiger partial charge in [0.1, 0.15) is 12.2 Å². The molecule has 6 nitrogen and oxygen atoms in total. The maximum Gasteiger partial charge on any atom is 0.271 e. The van der Waals surface area contributed by atoms with Gasteiger partial charge in [-0.05, 0) is 45.0 Å². The highest BCUT2D eigenvalue weighted by molar-refractivity contribution is 5.92. The van der Waals surface area contributed by atoms with Crippen LogP contribution in [0.4, 0.5) is 0 Å². The van der Waals surface area contributed by atoms with Gasteiger partial charge in [-0.15, -0.1) is 0 Å². The number of aromatic nitrogens is 2. The third-order valence-electron chi connectivity index (χ3n) is 4.82. The molecule has 0 bridgehead atoms. The van der Waals surface area contributed by atoms with E-state index in [1.165, 1.54) is 0 Å². The number of benzene rings is 2. The SMILES string of the molecule is Cc1cc(C(=O)NCCOc2cccc3c2OC(C)(C)C3)nn1-c1ccccc1. The third-order valence-corrected chi connectivity index (χ3v) is 4.82. The van der Waals surface area contributed by atoms with Crippen molar-refractivity contribution in [2.45, 2.75) is 32.8 Å². The Morgan fingerprint density at radius 2 is 2.00 bits per heavy atom. The summed E-state index contributed by atoms with van der Waals surface area (Å²) in [5.74, 6) is 1.30. The monoisotopic (exact) mass is 391 g/mol. The lowest BCUT2D eigenvalue weighted by Crippen LogP contribution is -2.28. The van der Waals surface area contributed by atoms with Crippen LogP contribution in [0.2, 0.25) is 0 Å². The van der Waals surface area contributed by atoms with Gasteiger partial charge < -0.3 is 14.8 Å². The molecule has 1 amide bonds. The summed E-state index contributed by atoms with van der Waals surface area (Å²) in [6.45, 7) is 6.78. The number of rotatable bonds is 6. The second kappa shape index (κ2) is 7.62. The van der Waals surface area contributed by atoms with Crippen molar-refractivity contribution in [2.24, 2.45) is 0 Å². The van der Waals surface area contributed by atoms with Gasteiger partial charge in [0.05, 0.1) is 12.2 Å². The number of aryl methyl sites for hydroxylation is 1. The predicted molar refractivity (Wildman–Crippen MR) is 111 cm³/mol. The molecule has 0 spiro atoms. The quantitative estimate of drug-likeness (QED) is 0.651. The molecule has 1 aromatic heterocycles. The van der Waals surface area contributed by atoms with Gasteiger partial charge in [-0.3, -0.25) is 4.79 Å². The van der Waals surface area contributed by atoms with Gasteiger partial charge in [0.2, 0.25) is 0 Å². The van der Waals surface area contributed by atoms with Gasteiger partial charge in [-0.1, -0.05) is 30.3 Å². The average Bonchev–Trinajstić information content (AvgIpc) is 3.24. The summed E-state index contributed by atoms with van der Waals surface area (Å²) in [5.41, 5.74) is 3.15. The van der Waals surface area contributed by atoms with Crippen LogP contribution in [0.5, 0.6) is 11.5 Å². The number of ether oxygens (including phenoxy) is 2. The molecule has 2 heterocycles. The van der Waals surface area contributed by atoms with E-state index in [0.717, 1.165) is 29.1 Å². The van der Waals surface area contributed by atoms with Crippen LogP contribution in [0.15, 0.2) is 54.6 Å². The number of amides is 1. The van der Waals surface area contributed by atoms with Crippen molar-refractivity contribution in [1.82, 2.24) is 15.1 Å². The van der Waals surface area contributed by atoms with E-state index >= 15 is 0 Å². The van der Waals surface area contributed by atoms with Crippen molar-refractivity contribution in [3.63, 3.8) is 0 Å². The number of fused-ring (bicyclic) bond motifs is 1. The molecule has 0 unspecified atom stereocenters. The topological polar surface area (TPSA) is 65.4 Å². The molecule has 2 aromatic carbocycles. The van der Waals surface area contributed by atoms with Gasteiger partial charge in [0.25, 0.3) is 5.91 Å². The van der Waals surface area contributed by atoms with Crippen molar-refractivity contribution in [3.05, 3.63) is 71.5 Å². The number of carbonyl (C=O) groups is 1. The number of hydrogen-bond acceptors (Lipinski definition) is 4. The molecule has 1 aliphatic rings. The Hall–Kier alpha value is -3.28. The second-order valence-corrected chi connectivity index (χ2v) is 7.81. The highest BCUT2D eigenvalue weighted by Crippen LogP contribution is 2.41. The fraction of sp³-hybridized carbons (Fsp3) is 0.304. The van der Waals surface area contributed by atoms with E-state index in [1.54, 1.807) is 10.7 Å². The molecule has 0 atom stereocenters. The molecule has 4 rings (SSSR count). The lowest BCUT2D eigenvalue weighted by Gasteiger charge is -2.18. The predicted octanol–water partition coefficient (Wildman–Crippen LogP) is 3.70. The van der Waals surface area contributed by atoms with Crippen LogP contribution in [0.3, 0.4) is 0 Å². The average molecular weight is 391 g/mol. The van der Waals surface area contributed by atoms with Gasteiger partial charge in [-0.25, -0.2) is 4.68 Å². The van der Waals surface area contributed by atoms with E-state index in [9.17, 15) is 4.79 Å². The zero-order valence-corrected chi connectivity index (χ0v) is 16.9. The minimum atomic E-state index is -0.220. The van der Waals surface area contributed by atoms with Crippen LogP contribution >= 0.6 is 0 Å². The maximum absolute atomic E-state index is 12.5. The van der Waals surface area contributed by atoms with Gasteiger partial charge >= 0.3 is 0 Å². The molecule has 6 heteroatoms. The van der Waals surface area contributed by atoms with Crippen molar-refractivity contribution in [2.75, 3.05) is 13.2 Å². The van der Waals surface area contributed by atoms with E-state index in [0.29, 0.717) is 24.6 Å². The molecule has 0 saturated heterocycles. The highest BCUT2D eigenvalue weighted by Gasteiger charge is 2.32. The lowest BCUT2D eigenvalue weighted by atomic mass is 10.0. The van der Waals surface area contributed by atoms with Crippen LogP contribution in [0.1, 0.15) is 35.6 Å². The molecule has 0 saturated carbocycles. The molecule has 150 valence electrons. The Kier molecular flexibility index (Phi) is 5.01. The van der Waals surface area contributed by atoms with Crippen LogP contribution < -0.4 is 14.8 Å². The first-order chi connectivity index (χ1) is 13.9. The summed E-state index contributed by atoms with van der Waals surface area (Å²) >= 11 is 0. The zero-order chi connectivity index (χ0) is 20.4. The van der Waals surface area contributed by atoms with Crippen molar-refractivity contribution < 1.29 is 14.3 Å². The van der Waals surface area contributed by atoms with Crippen molar-refractivity contribution in [3.8, 4) is 17.2 Å². The minimum Gasteiger partial charge on any atom is -0.488 e. The van der Waals surface area contributed by atoms with E-state index < -0.39 is 0 Å². The third kappa shape index (κ3) is 4.11. The first-order valence-electron chi connectivity index (χ1n) is 9.77. The number of nitrogens with zero attached hydrogens (tertiary/aromatic N) is 2. The van der Waals surface area contributed by atoms with E-state index in [-0.39, 0.29) is 11.5 Å².